The van der Waals surface area contributed by atoms with Gasteiger partial charge in [0.2, 0.25) is 0 Å². The molecule has 0 heterocycles. The molecule has 1 aliphatic carbocycles. The van der Waals surface area contributed by atoms with Gasteiger partial charge in [-0.1, -0.05) is 20.8 Å². The van der Waals surface area contributed by atoms with E-state index in [9.17, 15) is 0 Å². The van der Waals surface area contributed by atoms with Crippen molar-refractivity contribution < 1.29 is 0 Å². The molecule has 1 rings (SSSR count). The normalized spacial score (nSPS) is 20.3. The summed E-state index contributed by atoms with van der Waals surface area (Å²) >= 11 is 0. The molecule has 0 aromatic carbocycles. The van der Waals surface area contributed by atoms with Crippen LogP contribution in [0.5, 0.6) is 0 Å². The fourth-order valence-electron chi connectivity index (χ4n) is 2.41. The van der Waals surface area contributed by atoms with Crippen molar-refractivity contribution in [3.8, 4) is 0 Å². The third-order valence-electron chi connectivity index (χ3n) is 3.89. The smallest absolute Gasteiger partial charge is 0.0107 e. The molecule has 2 heteroatoms. The first-order valence-corrected chi connectivity index (χ1v) is 7.41. The number of rotatable bonds is 8. The van der Waals surface area contributed by atoms with Crippen LogP contribution in [0.1, 0.15) is 54.4 Å². The summed E-state index contributed by atoms with van der Waals surface area (Å²) in [4.78, 5) is 2.66. The molecule has 0 aromatic rings. The van der Waals surface area contributed by atoms with Crippen molar-refractivity contribution in [2.75, 3.05) is 13.1 Å². The lowest BCUT2D eigenvalue weighted by Crippen LogP contribution is -2.46. The Bertz CT molecular complexity index is 209. The van der Waals surface area contributed by atoms with Crippen molar-refractivity contribution in [2.45, 2.75) is 72.5 Å². The molecule has 0 saturated heterocycles. The van der Waals surface area contributed by atoms with E-state index < -0.39 is 0 Å². The molecule has 0 amide bonds. The molecule has 2 atom stereocenters. The van der Waals surface area contributed by atoms with Crippen LogP contribution in [0, 0.1) is 11.8 Å². The van der Waals surface area contributed by atoms with Crippen molar-refractivity contribution >= 4 is 0 Å². The van der Waals surface area contributed by atoms with Gasteiger partial charge in [0.25, 0.3) is 0 Å². The Kier molecular flexibility index (Phi) is 5.94. The lowest BCUT2D eigenvalue weighted by molar-refractivity contribution is 0.108. The Hall–Kier alpha value is -0.0800. The first-order chi connectivity index (χ1) is 7.91. The maximum atomic E-state index is 3.66. The lowest BCUT2D eigenvalue weighted by Gasteiger charge is -2.37. The van der Waals surface area contributed by atoms with Crippen LogP contribution in [-0.2, 0) is 0 Å². The second kappa shape index (κ2) is 6.75. The molecule has 1 fully saturated rings. The Morgan fingerprint density at radius 2 is 1.65 bits per heavy atom. The van der Waals surface area contributed by atoms with E-state index in [2.05, 4.69) is 51.8 Å². The van der Waals surface area contributed by atoms with Crippen LogP contribution in [0.2, 0.25) is 0 Å². The van der Waals surface area contributed by atoms with E-state index in [1.165, 1.54) is 25.9 Å². The van der Waals surface area contributed by atoms with Crippen LogP contribution >= 0.6 is 0 Å². The Balaban J connectivity index is 2.40. The highest BCUT2D eigenvalue weighted by Crippen LogP contribution is 2.21. The van der Waals surface area contributed by atoms with Crippen LogP contribution in [0.25, 0.3) is 0 Å². The standard InChI is InChI=1S/C15H32N2/c1-11(2)10-17(12(3)4)14(6)13(5)9-16-15-7-8-15/h11-16H,7-10H2,1-6H3. The molecule has 2 unspecified atom stereocenters. The third-order valence-corrected chi connectivity index (χ3v) is 3.89. The average Bonchev–Trinajstić information content (AvgIpc) is 3.04. The SMILES string of the molecule is CC(C)CN(C(C)C)C(C)C(C)CNC1CC1. The number of hydrogen-bond donors (Lipinski definition) is 1. The summed E-state index contributed by atoms with van der Waals surface area (Å²) in [5, 5.41) is 3.66. The quantitative estimate of drug-likeness (QED) is 0.701. The zero-order valence-corrected chi connectivity index (χ0v) is 12.7. The molecule has 102 valence electrons. The number of hydrogen-bond acceptors (Lipinski definition) is 2. The highest BCUT2D eigenvalue weighted by Gasteiger charge is 2.26. The van der Waals surface area contributed by atoms with E-state index in [1.54, 1.807) is 0 Å². The van der Waals surface area contributed by atoms with E-state index >= 15 is 0 Å². The second-order valence-electron chi connectivity index (χ2n) is 6.58. The van der Waals surface area contributed by atoms with E-state index in [1.807, 2.05) is 0 Å². The minimum absolute atomic E-state index is 0.649. The van der Waals surface area contributed by atoms with Gasteiger partial charge < -0.3 is 5.32 Å². The van der Waals surface area contributed by atoms with Crippen LogP contribution in [-0.4, -0.2) is 36.1 Å². The summed E-state index contributed by atoms with van der Waals surface area (Å²) in [6, 6.07) is 2.15. The molecule has 17 heavy (non-hydrogen) atoms. The van der Waals surface area contributed by atoms with Gasteiger partial charge in [-0.05, 0) is 52.0 Å². The van der Waals surface area contributed by atoms with Gasteiger partial charge in [-0.25, -0.2) is 0 Å². The maximum Gasteiger partial charge on any atom is 0.0107 e. The largest absolute Gasteiger partial charge is 0.314 e. The van der Waals surface area contributed by atoms with Crippen molar-refractivity contribution in [3.63, 3.8) is 0 Å². The zero-order valence-electron chi connectivity index (χ0n) is 12.7. The molecule has 0 aromatic heterocycles. The molecule has 1 saturated carbocycles. The summed E-state index contributed by atoms with van der Waals surface area (Å²) in [7, 11) is 0. The molecule has 0 bridgehead atoms. The van der Waals surface area contributed by atoms with Gasteiger partial charge in [0.15, 0.2) is 0 Å². The second-order valence-corrected chi connectivity index (χ2v) is 6.58. The zero-order chi connectivity index (χ0) is 13.0. The highest BCUT2D eigenvalue weighted by atomic mass is 15.2. The first-order valence-electron chi connectivity index (χ1n) is 7.41. The van der Waals surface area contributed by atoms with Gasteiger partial charge in [0, 0.05) is 24.7 Å². The summed E-state index contributed by atoms with van der Waals surface area (Å²) < 4.78 is 0. The van der Waals surface area contributed by atoms with Crippen molar-refractivity contribution in [1.82, 2.24) is 10.2 Å². The molecule has 0 radical (unpaired) electrons. The Labute approximate surface area is 108 Å². The van der Waals surface area contributed by atoms with Gasteiger partial charge in [-0.2, -0.15) is 0 Å². The molecule has 2 nitrogen and oxygen atoms in total. The molecule has 0 spiro atoms. The van der Waals surface area contributed by atoms with Crippen LogP contribution in [0.3, 0.4) is 0 Å². The van der Waals surface area contributed by atoms with E-state index in [-0.39, 0.29) is 0 Å². The molecular formula is C15H32N2. The Morgan fingerprint density at radius 3 is 2.06 bits per heavy atom. The Morgan fingerprint density at radius 1 is 1.06 bits per heavy atom. The van der Waals surface area contributed by atoms with Gasteiger partial charge in [-0.15, -0.1) is 0 Å². The van der Waals surface area contributed by atoms with Crippen molar-refractivity contribution in [1.29, 1.82) is 0 Å². The fourth-order valence-corrected chi connectivity index (χ4v) is 2.41. The summed E-state index contributed by atoms with van der Waals surface area (Å²) in [5.74, 6) is 1.49. The van der Waals surface area contributed by atoms with Gasteiger partial charge in [0.05, 0.1) is 0 Å². The summed E-state index contributed by atoms with van der Waals surface area (Å²) in [5.41, 5.74) is 0. The minimum atomic E-state index is 0.649. The predicted molar refractivity (Wildman–Crippen MR) is 76.3 cm³/mol. The van der Waals surface area contributed by atoms with E-state index in [4.69, 9.17) is 0 Å². The highest BCUT2D eigenvalue weighted by molar-refractivity contribution is 4.84. The van der Waals surface area contributed by atoms with E-state index in [0.29, 0.717) is 12.1 Å². The summed E-state index contributed by atoms with van der Waals surface area (Å²) in [6.07, 6.45) is 2.78. The molecule has 0 aliphatic heterocycles. The molecule has 1 aliphatic rings. The average molecular weight is 240 g/mol. The van der Waals surface area contributed by atoms with Crippen LogP contribution < -0.4 is 5.32 Å². The predicted octanol–water partition coefficient (Wildman–Crippen LogP) is 3.13. The van der Waals surface area contributed by atoms with Gasteiger partial charge in [-0.3, -0.25) is 4.90 Å². The maximum absolute atomic E-state index is 3.66. The fraction of sp³-hybridized carbons (Fsp3) is 1.00. The van der Waals surface area contributed by atoms with Gasteiger partial charge in [0.1, 0.15) is 0 Å². The van der Waals surface area contributed by atoms with Gasteiger partial charge >= 0.3 is 0 Å². The minimum Gasteiger partial charge on any atom is -0.314 e. The first kappa shape index (κ1) is 15.0. The van der Waals surface area contributed by atoms with Crippen molar-refractivity contribution in [2.24, 2.45) is 11.8 Å². The number of nitrogens with zero attached hydrogens (tertiary/aromatic N) is 1. The molecule has 1 N–H and O–H groups in total. The third kappa shape index (κ3) is 5.39. The summed E-state index contributed by atoms with van der Waals surface area (Å²) in [6.45, 7) is 16.4. The number of nitrogens with one attached hydrogen (secondary N) is 1. The van der Waals surface area contributed by atoms with Crippen molar-refractivity contribution in [3.05, 3.63) is 0 Å². The topological polar surface area (TPSA) is 15.3 Å². The van der Waals surface area contributed by atoms with E-state index in [0.717, 1.165) is 17.9 Å². The monoisotopic (exact) mass is 240 g/mol. The van der Waals surface area contributed by atoms with Crippen LogP contribution in [0.15, 0.2) is 0 Å². The van der Waals surface area contributed by atoms with Crippen LogP contribution in [0.4, 0.5) is 0 Å². The lowest BCUT2D eigenvalue weighted by atomic mass is 9.99. The molecular weight excluding hydrogens is 208 g/mol.